The van der Waals surface area contributed by atoms with E-state index in [0.717, 1.165) is 30.5 Å². The van der Waals surface area contributed by atoms with Crippen LogP contribution >= 0.6 is 0 Å². The summed E-state index contributed by atoms with van der Waals surface area (Å²) in [6.07, 6.45) is 3.01. The smallest absolute Gasteiger partial charge is 0.161 e. The zero-order valence-electron chi connectivity index (χ0n) is 14.6. The number of benzene rings is 1. The lowest BCUT2D eigenvalue weighted by molar-refractivity contribution is -0.126. The molecule has 2 aliphatic rings. The summed E-state index contributed by atoms with van der Waals surface area (Å²) in [6, 6.07) is 4.21. The second-order valence-corrected chi connectivity index (χ2v) is 7.30. The van der Waals surface area contributed by atoms with E-state index in [9.17, 15) is 9.90 Å². The van der Waals surface area contributed by atoms with E-state index in [4.69, 9.17) is 4.74 Å². The number of nitrogens with zero attached hydrogens (tertiary/aromatic N) is 1. The molecule has 0 amide bonds. The number of piperidine rings is 1. The number of fused-ring (bicyclic) bond motifs is 1. The van der Waals surface area contributed by atoms with Crippen LogP contribution in [0.5, 0.6) is 11.5 Å². The van der Waals surface area contributed by atoms with Crippen molar-refractivity contribution in [2.45, 2.75) is 51.0 Å². The first-order chi connectivity index (χ1) is 10.9. The summed E-state index contributed by atoms with van der Waals surface area (Å²) in [7, 11) is 3.73. The third-order valence-electron chi connectivity index (χ3n) is 6.21. The molecule has 2 fully saturated rings. The second kappa shape index (κ2) is 5.82. The van der Waals surface area contributed by atoms with Gasteiger partial charge in [0.05, 0.1) is 7.11 Å². The van der Waals surface area contributed by atoms with Crippen LogP contribution < -0.4 is 4.74 Å². The molecule has 1 N–H and O–H groups in total. The third kappa shape index (κ3) is 2.44. The molecule has 1 heterocycles. The lowest BCUT2D eigenvalue weighted by Crippen LogP contribution is -2.56. The number of phenolic OH excluding ortho intramolecular Hbond substituents is 1. The third-order valence-corrected chi connectivity index (χ3v) is 6.21. The minimum atomic E-state index is -0.260. The van der Waals surface area contributed by atoms with Crippen LogP contribution in [0.25, 0.3) is 0 Å². The Kier molecular flexibility index (Phi) is 4.13. The zero-order valence-corrected chi connectivity index (χ0v) is 14.6. The Morgan fingerprint density at radius 3 is 2.83 bits per heavy atom. The fourth-order valence-electron chi connectivity index (χ4n) is 4.89. The second-order valence-electron chi connectivity index (χ2n) is 7.30. The first kappa shape index (κ1) is 16.3. The molecule has 0 radical (unpaired) electrons. The van der Waals surface area contributed by atoms with Crippen LogP contribution in [0.3, 0.4) is 0 Å². The van der Waals surface area contributed by atoms with Gasteiger partial charge < -0.3 is 14.7 Å². The number of methoxy groups -OCH3 is 1. The Morgan fingerprint density at radius 2 is 2.13 bits per heavy atom. The summed E-state index contributed by atoms with van der Waals surface area (Å²) in [5, 5.41) is 10.8. The maximum atomic E-state index is 12.3. The maximum absolute atomic E-state index is 12.3. The number of likely N-dealkylation sites (tertiary alicyclic amines) is 1. The summed E-state index contributed by atoms with van der Waals surface area (Å²) in [5.41, 5.74) is 1.74. The van der Waals surface area contributed by atoms with Gasteiger partial charge in [-0.3, -0.25) is 4.79 Å². The number of ketones is 1. The molecule has 3 rings (SSSR count). The van der Waals surface area contributed by atoms with E-state index in [1.54, 1.807) is 7.11 Å². The highest BCUT2D eigenvalue weighted by Gasteiger charge is 2.52. The summed E-state index contributed by atoms with van der Waals surface area (Å²) < 4.78 is 5.34. The molecule has 1 saturated heterocycles. The fraction of sp³-hybridized carbons (Fsp3) is 0.632. The van der Waals surface area contributed by atoms with Crippen molar-refractivity contribution in [3.8, 4) is 11.5 Å². The zero-order chi connectivity index (χ0) is 16.8. The molecule has 1 aromatic rings. The Labute approximate surface area is 138 Å². The number of carbonyl (C=O) groups excluding carboxylic acids is 1. The Balaban J connectivity index is 2.19. The number of Topliss-reactive ketones (excluding diaryl/α,β-unsaturated/α-hetero) is 1. The lowest BCUT2D eigenvalue weighted by atomic mass is 9.56. The van der Waals surface area contributed by atoms with Crippen LogP contribution in [0.1, 0.15) is 43.7 Å². The van der Waals surface area contributed by atoms with Crippen LogP contribution in [-0.4, -0.2) is 42.5 Å². The molecule has 4 nitrogen and oxygen atoms in total. The average Bonchev–Trinajstić information content (AvgIpc) is 2.51. The summed E-state index contributed by atoms with van der Waals surface area (Å²) in [4.78, 5) is 14.7. The first-order valence-electron chi connectivity index (χ1n) is 8.49. The monoisotopic (exact) mass is 317 g/mol. The van der Waals surface area contributed by atoms with Gasteiger partial charge in [-0.25, -0.2) is 0 Å². The standard InChI is InChI=1S/C19H27NO3/c1-12-5-8-16(23-4)18(22)17(12)19-9-10-20(3)13(2)15(19)7-6-14(21)11-19/h5,8,13,15,22H,6-7,9-11H2,1-4H3. The number of phenols is 1. The molecule has 0 spiro atoms. The van der Waals surface area contributed by atoms with Crippen molar-refractivity contribution >= 4 is 5.78 Å². The molecule has 4 heteroatoms. The van der Waals surface area contributed by atoms with Gasteiger partial charge in [0.15, 0.2) is 11.5 Å². The molecule has 1 aliphatic heterocycles. The molecular weight excluding hydrogens is 290 g/mol. The summed E-state index contributed by atoms with van der Waals surface area (Å²) >= 11 is 0. The number of ether oxygens (including phenoxy) is 1. The number of carbonyl (C=O) groups is 1. The highest BCUT2D eigenvalue weighted by Crippen LogP contribution is 2.54. The van der Waals surface area contributed by atoms with Gasteiger partial charge in [0.1, 0.15) is 5.78 Å². The summed E-state index contributed by atoms with van der Waals surface area (Å²) in [6.45, 7) is 5.23. The van der Waals surface area contributed by atoms with Crippen molar-refractivity contribution in [1.82, 2.24) is 4.90 Å². The largest absolute Gasteiger partial charge is 0.504 e. The first-order valence-corrected chi connectivity index (χ1v) is 8.49. The number of aryl methyl sites for hydroxylation is 1. The normalized spacial score (nSPS) is 31.7. The number of hydrogen-bond acceptors (Lipinski definition) is 4. The Morgan fingerprint density at radius 1 is 1.39 bits per heavy atom. The van der Waals surface area contributed by atoms with E-state index < -0.39 is 0 Å². The topological polar surface area (TPSA) is 49.8 Å². The van der Waals surface area contributed by atoms with E-state index in [1.165, 1.54) is 0 Å². The molecule has 0 bridgehead atoms. The molecule has 1 aromatic carbocycles. The van der Waals surface area contributed by atoms with E-state index in [2.05, 4.69) is 18.9 Å². The highest BCUT2D eigenvalue weighted by atomic mass is 16.5. The van der Waals surface area contributed by atoms with Crippen molar-refractivity contribution in [1.29, 1.82) is 0 Å². The highest BCUT2D eigenvalue weighted by molar-refractivity contribution is 5.82. The fourth-order valence-corrected chi connectivity index (χ4v) is 4.89. The number of hydrogen-bond donors (Lipinski definition) is 1. The van der Waals surface area contributed by atoms with Crippen LogP contribution in [0.4, 0.5) is 0 Å². The van der Waals surface area contributed by atoms with Crippen LogP contribution in [0.2, 0.25) is 0 Å². The Hall–Kier alpha value is -1.55. The van der Waals surface area contributed by atoms with Gasteiger partial charge in [0.25, 0.3) is 0 Å². The molecule has 0 aromatic heterocycles. The van der Waals surface area contributed by atoms with Crippen LogP contribution in [0.15, 0.2) is 12.1 Å². The van der Waals surface area contributed by atoms with Gasteiger partial charge in [-0.15, -0.1) is 0 Å². The lowest BCUT2D eigenvalue weighted by Gasteiger charge is -2.54. The van der Waals surface area contributed by atoms with Gasteiger partial charge in [-0.05, 0) is 57.8 Å². The Bertz CT molecular complexity index is 627. The predicted molar refractivity (Wildman–Crippen MR) is 90.1 cm³/mol. The molecule has 1 aliphatic carbocycles. The molecule has 3 unspecified atom stereocenters. The van der Waals surface area contributed by atoms with Gasteiger partial charge in [-0.1, -0.05) is 6.07 Å². The van der Waals surface area contributed by atoms with Gasteiger partial charge in [-0.2, -0.15) is 0 Å². The quantitative estimate of drug-likeness (QED) is 0.911. The van der Waals surface area contributed by atoms with E-state index in [0.29, 0.717) is 36.3 Å². The van der Waals surface area contributed by atoms with Crippen LogP contribution in [0, 0.1) is 12.8 Å². The number of rotatable bonds is 2. The molecule has 126 valence electrons. The van der Waals surface area contributed by atoms with Crippen molar-refractivity contribution in [3.63, 3.8) is 0 Å². The van der Waals surface area contributed by atoms with E-state index in [1.807, 2.05) is 19.1 Å². The molecule has 23 heavy (non-hydrogen) atoms. The molecule has 3 atom stereocenters. The van der Waals surface area contributed by atoms with Crippen molar-refractivity contribution < 1.29 is 14.6 Å². The minimum absolute atomic E-state index is 0.226. The van der Waals surface area contributed by atoms with E-state index in [-0.39, 0.29) is 11.2 Å². The van der Waals surface area contributed by atoms with Gasteiger partial charge in [0, 0.05) is 29.9 Å². The minimum Gasteiger partial charge on any atom is -0.504 e. The van der Waals surface area contributed by atoms with E-state index >= 15 is 0 Å². The van der Waals surface area contributed by atoms with Gasteiger partial charge >= 0.3 is 0 Å². The maximum Gasteiger partial charge on any atom is 0.161 e. The van der Waals surface area contributed by atoms with Gasteiger partial charge in [0.2, 0.25) is 0 Å². The average molecular weight is 317 g/mol. The number of aromatic hydroxyl groups is 1. The van der Waals surface area contributed by atoms with Crippen molar-refractivity contribution in [2.75, 3.05) is 20.7 Å². The molecule has 1 saturated carbocycles. The SMILES string of the molecule is COc1ccc(C)c(C23CCN(C)C(C)C2CCC(=O)C3)c1O. The summed E-state index contributed by atoms with van der Waals surface area (Å²) in [5.74, 6) is 1.43. The van der Waals surface area contributed by atoms with Crippen molar-refractivity contribution in [2.24, 2.45) is 5.92 Å². The predicted octanol–water partition coefficient (Wildman–Crippen LogP) is 3.04. The van der Waals surface area contributed by atoms with Crippen LogP contribution in [-0.2, 0) is 10.2 Å². The van der Waals surface area contributed by atoms with Crippen molar-refractivity contribution in [3.05, 3.63) is 23.3 Å². The molecular formula is C19H27NO3.